The van der Waals surface area contributed by atoms with Crippen LogP contribution in [0.3, 0.4) is 0 Å². The third-order valence-electron chi connectivity index (χ3n) is 5.38. The summed E-state index contributed by atoms with van der Waals surface area (Å²) in [5.74, 6) is -0.180. The number of halogens is 1. The minimum atomic E-state index is -0.657. The van der Waals surface area contributed by atoms with Gasteiger partial charge in [-0.25, -0.2) is 0 Å². The number of hydrogen-bond donors (Lipinski definition) is 1. The summed E-state index contributed by atoms with van der Waals surface area (Å²) in [7, 11) is 4.75. The number of fused-ring (bicyclic) bond motifs is 1. The van der Waals surface area contributed by atoms with E-state index in [-0.39, 0.29) is 11.8 Å². The van der Waals surface area contributed by atoms with Crippen LogP contribution in [0.1, 0.15) is 32.8 Å². The summed E-state index contributed by atoms with van der Waals surface area (Å²) in [4.78, 5) is 29.4. The van der Waals surface area contributed by atoms with Gasteiger partial charge in [0.1, 0.15) is 0 Å². The number of methoxy groups -OCH3 is 2. The number of benzene rings is 2. The van der Waals surface area contributed by atoms with Gasteiger partial charge >= 0.3 is 0 Å². The molecule has 2 amide bonds. The number of thiophene rings is 1. The first kappa shape index (κ1) is 21.2. The summed E-state index contributed by atoms with van der Waals surface area (Å²) in [5.41, 5.74) is 1.60. The van der Waals surface area contributed by atoms with Crippen LogP contribution in [0.25, 0.3) is 0 Å². The summed E-state index contributed by atoms with van der Waals surface area (Å²) >= 11 is 7.59. The molecule has 2 unspecified atom stereocenters. The van der Waals surface area contributed by atoms with Gasteiger partial charge in [0, 0.05) is 28.2 Å². The van der Waals surface area contributed by atoms with E-state index in [1.807, 2.05) is 17.5 Å². The van der Waals surface area contributed by atoms with Crippen LogP contribution < -0.4 is 14.8 Å². The molecular formula is C23H21ClN2O4S. The standard InChI is InChI=1S/C23H21ClN2O4S/c1-26-21(19-8-5-9-31-19)20(22(27)25-14-7-4-6-13(24)10-14)15-11-17(29-2)18(30-3)12-16(15)23(26)28/h4-12,20-21H,1-3H3,(H,25,27). The Morgan fingerprint density at radius 2 is 1.84 bits per heavy atom. The van der Waals surface area contributed by atoms with Crippen molar-refractivity contribution >= 4 is 40.4 Å². The molecule has 8 heteroatoms. The Morgan fingerprint density at radius 1 is 1.10 bits per heavy atom. The first-order valence-electron chi connectivity index (χ1n) is 9.57. The zero-order valence-electron chi connectivity index (χ0n) is 17.2. The average Bonchev–Trinajstić information content (AvgIpc) is 3.29. The summed E-state index contributed by atoms with van der Waals surface area (Å²) in [6.07, 6.45) is 0. The van der Waals surface area contributed by atoms with Crippen LogP contribution in [0.2, 0.25) is 5.02 Å². The van der Waals surface area contributed by atoms with E-state index >= 15 is 0 Å². The van der Waals surface area contributed by atoms with Gasteiger partial charge in [0.15, 0.2) is 11.5 Å². The summed E-state index contributed by atoms with van der Waals surface area (Å²) in [6.45, 7) is 0. The predicted molar refractivity (Wildman–Crippen MR) is 122 cm³/mol. The normalized spacial score (nSPS) is 17.8. The van der Waals surface area contributed by atoms with Crippen LogP contribution in [0.15, 0.2) is 53.9 Å². The summed E-state index contributed by atoms with van der Waals surface area (Å²) < 4.78 is 10.8. The molecule has 4 rings (SSSR count). The number of carbonyl (C=O) groups is 2. The fraction of sp³-hybridized carbons (Fsp3) is 0.217. The Hall–Kier alpha value is -3.03. The van der Waals surface area contributed by atoms with Gasteiger partial charge in [0.25, 0.3) is 5.91 Å². The number of amides is 2. The number of anilines is 1. The van der Waals surface area contributed by atoms with E-state index in [9.17, 15) is 9.59 Å². The van der Waals surface area contributed by atoms with Crippen molar-refractivity contribution in [3.05, 3.63) is 74.9 Å². The van der Waals surface area contributed by atoms with Crippen LogP contribution in [0.5, 0.6) is 11.5 Å². The van der Waals surface area contributed by atoms with Gasteiger partial charge in [-0.2, -0.15) is 0 Å². The van der Waals surface area contributed by atoms with Gasteiger partial charge in [0.05, 0.1) is 26.2 Å². The first-order chi connectivity index (χ1) is 14.9. The highest BCUT2D eigenvalue weighted by atomic mass is 35.5. The maximum Gasteiger partial charge on any atom is 0.254 e. The lowest BCUT2D eigenvalue weighted by atomic mass is 9.81. The molecule has 1 aliphatic heterocycles. The number of ether oxygens (including phenoxy) is 2. The molecule has 1 aliphatic rings. The van der Waals surface area contributed by atoms with Crippen molar-refractivity contribution in [2.24, 2.45) is 0 Å². The van der Waals surface area contributed by atoms with Gasteiger partial charge in [-0.05, 0) is 47.3 Å². The molecule has 0 fully saturated rings. The minimum Gasteiger partial charge on any atom is -0.493 e. The quantitative estimate of drug-likeness (QED) is 0.588. The Balaban J connectivity index is 1.86. The third kappa shape index (κ3) is 3.86. The maximum atomic E-state index is 13.6. The number of likely N-dealkylation sites (N-methyl/N-ethyl adjacent to an activating group) is 1. The monoisotopic (exact) mass is 456 g/mol. The largest absolute Gasteiger partial charge is 0.493 e. The molecule has 0 bridgehead atoms. The van der Waals surface area contributed by atoms with Crippen molar-refractivity contribution in [3.63, 3.8) is 0 Å². The second-order valence-corrected chi connectivity index (χ2v) is 8.56. The number of rotatable bonds is 5. The molecule has 1 aromatic heterocycles. The number of nitrogens with zero attached hydrogens (tertiary/aromatic N) is 1. The molecule has 31 heavy (non-hydrogen) atoms. The number of hydrogen-bond acceptors (Lipinski definition) is 5. The van der Waals surface area contributed by atoms with Crippen LogP contribution in [0.4, 0.5) is 5.69 Å². The topological polar surface area (TPSA) is 67.9 Å². The second-order valence-electron chi connectivity index (χ2n) is 7.15. The molecular weight excluding hydrogens is 436 g/mol. The maximum absolute atomic E-state index is 13.6. The second kappa shape index (κ2) is 8.61. The van der Waals surface area contributed by atoms with E-state index in [0.717, 1.165) is 4.88 Å². The van der Waals surface area contributed by atoms with Crippen molar-refractivity contribution in [3.8, 4) is 11.5 Å². The van der Waals surface area contributed by atoms with Gasteiger partial charge in [-0.3, -0.25) is 9.59 Å². The van der Waals surface area contributed by atoms with Crippen LogP contribution in [0, 0.1) is 0 Å². The lowest BCUT2D eigenvalue weighted by Gasteiger charge is -2.39. The lowest BCUT2D eigenvalue weighted by Crippen LogP contribution is -2.43. The predicted octanol–water partition coefficient (Wildman–Crippen LogP) is 4.97. The SMILES string of the molecule is COc1cc2c(cc1OC)C(C(=O)Nc1cccc(Cl)c1)C(c1cccs1)N(C)C2=O. The Labute approximate surface area is 189 Å². The molecule has 0 radical (unpaired) electrons. The Kier molecular flexibility index (Phi) is 5.89. The molecule has 3 aromatic rings. The molecule has 2 aromatic carbocycles. The highest BCUT2D eigenvalue weighted by Crippen LogP contribution is 2.46. The molecule has 0 aliphatic carbocycles. The molecule has 0 saturated carbocycles. The highest BCUT2D eigenvalue weighted by Gasteiger charge is 2.44. The molecule has 0 spiro atoms. The van der Waals surface area contributed by atoms with Gasteiger partial charge in [-0.15, -0.1) is 11.3 Å². The fourth-order valence-corrected chi connectivity index (χ4v) is 5.03. The molecule has 2 atom stereocenters. The van der Waals surface area contributed by atoms with E-state index in [1.165, 1.54) is 25.6 Å². The van der Waals surface area contributed by atoms with Crippen molar-refractivity contribution in [2.45, 2.75) is 12.0 Å². The minimum absolute atomic E-state index is 0.179. The smallest absolute Gasteiger partial charge is 0.254 e. The van der Waals surface area contributed by atoms with E-state index in [4.69, 9.17) is 21.1 Å². The fourth-order valence-electron chi connectivity index (χ4n) is 3.93. The average molecular weight is 457 g/mol. The summed E-state index contributed by atoms with van der Waals surface area (Å²) in [5, 5.41) is 5.42. The molecule has 1 N–H and O–H groups in total. The Bertz CT molecular complexity index is 1130. The lowest BCUT2D eigenvalue weighted by molar-refractivity contribution is -0.119. The third-order valence-corrected chi connectivity index (χ3v) is 6.56. The number of carbonyl (C=O) groups excluding carboxylic acids is 2. The molecule has 2 heterocycles. The van der Waals surface area contributed by atoms with E-state index in [0.29, 0.717) is 33.3 Å². The van der Waals surface area contributed by atoms with E-state index < -0.39 is 12.0 Å². The van der Waals surface area contributed by atoms with Crippen LogP contribution in [-0.2, 0) is 4.79 Å². The van der Waals surface area contributed by atoms with Gasteiger partial charge < -0.3 is 19.7 Å². The first-order valence-corrected chi connectivity index (χ1v) is 10.8. The van der Waals surface area contributed by atoms with Crippen molar-refractivity contribution in [2.75, 3.05) is 26.6 Å². The summed E-state index contributed by atoms with van der Waals surface area (Å²) in [6, 6.07) is 13.7. The van der Waals surface area contributed by atoms with Gasteiger partial charge in [0.2, 0.25) is 5.91 Å². The van der Waals surface area contributed by atoms with Crippen molar-refractivity contribution in [1.82, 2.24) is 4.90 Å². The van der Waals surface area contributed by atoms with E-state index in [1.54, 1.807) is 48.3 Å². The van der Waals surface area contributed by atoms with Crippen molar-refractivity contribution in [1.29, 1.82) is 0 Å². The van der Waals surface area contributed by atoms with Gasteiger partial charge in [-0.1, -0.05) is 23.7 Å². The van der Waals surface area contributed by atoms with Crippen LogP contribution >= 0.6 is 22.9 Å². The molecule has 0 saturated heterocycles. The van der Waals surface area contributed by atoms with Crippen molar-refractivity contribution < 1.29 is 19.1 Å². The zero-order chi connectivity index (χ0) is 22.1. The van der Waals surface area contributed by atoms with Crippen LogP contribution in [-0.4, -0.2) is 38.0 Å². The highest BCUT2D eigenvalue weighted by molar-refractivity contribution is 7.10. The molecule has 6 nitrogen and oxygen atoms in total. The van der Waals surface area contributed by atoms with E-state index in [2.05, 4.69) is 5.32 Å². The number of nitrogens with one attached hydrogen (secondary N) is 1. The molecule has 160 valence electrons. The zero-order valence-corrected chi connectivity index (χ0v) is 18.8. The Morgan fingerprint density at radius 3 is 2.48 bits per heavy atom.